The molecule has 1 unspecified atom stereocenters. The first-order valence-electron chi connectivity index (χ1n) is 5.71. The van der Waals surface area contributed by atoms with Gasteiger partial charge in [-0.05, 0) is 40.1 Å². The molecule has 19 heavy (non-hydrogen) atoms. The Balaban J connectivity index is 2.10. The number of alkyl halides is 1. The van der Waals surface area contributed by atoms with Crippen molar-refractivity contribution in [3.63, 3.8) is 0 Å². The van der Waals surface area contributed by atoms with Crippen LogP contribution in [0.4, 0.5) is 8.78 Å². The molecule has 0 nitrogen and oxygen atoms in total. The van der Waals surface area contributed by atoms with Crippen LogP contribution in [-0.2, 0) is 0 Å². The third-order valence-electron chi connectivity index (χ3n) is 2.96. The zero-order valence-electron chi connectivity index (χ0n) is 9.74. The third-order valence-corrected chi connectivity index (χ3v) is 4.97. The van der Waals surface area contributed by atoms with E-state index in [-0.39, 0.29) is 4.83 Å². The highest BCUT2D eigenvalue weighted by Gasteiger charge is 2.16. The number of rotatable bonds is 2. The summed E-state index contributed by atoms with van der Waals surface area (Å²) >= 11 is 5.16. The van der Waals surface area contributed by atoms with Gasteiger partial charge in [0.1, 0.15) is 11.6 Å². The van der Waals surface area contributed by atoms with Crippen LogP contribution < -0.4 is 0 Å². The molecule has 0 aliphatic rings. The van der Waals surface area contributed by atoms with Gasteiger partial charge in [0.2, 0.25) is 0 Å². The molecule has 0 saturated carbocycles. The molecule has 0 saturated heterocycles. The lowest BCUT2D eigenvalue weighted by Gasteiger charge is -2.10. The molecule has 0 N–H and O–H groups in total. The van der Waals surface area contributed by atoms with E-state index < -0.39 is 11.6 Å². The molecule has 2 aromatic carbocycles. The first-order valence-corrected chi connectivity index (χ1v) is 7.51. The number of benzene rings is 2. The second kappa shape index (κ2) is 5.02. The summed E-state index contributed by atoms with van der Waals surface area (Å²) in [5.41, 5.74) is 1.62. The lowest BCUT2D eigenvalue weighted by molar-refractivity contribution is 0.580. The predicted octanol–water partition coefficient (Wildman–Crippen LogP) is 5.66. The van der Waals surface area contributed by atoms with Crippen LogP contribution in [0.5, 0.6) is 0 Å². The molecule has 1 atom stereocenters. The summed E-state index contributed by atoms with van der Waals surface area (Å²) in [6.07, 6.45) is 0. The Morgan fingerprint density at radius 3 is 2.42 bits per heavy atom. The van der Waals surface area contributed by atoms with E-state index in [1.807, 2.05) is 29.6 Å². The van der Waals surface area contributed by atoms with E-state index in [0.717, 1.165) is 17.0 Å². The van der Waals surface area contributed by atoms with Crippen molar-refractivity contribution in [1.82, 2.24) is 0 Å². The summed E-state index contributed by atoms with van der Waals surface area (Å²) in [5.74, 6) is -1.11. The normalized spacial score (nSPS) is 12.8. The van der Waals surface area contributed by atoms with Gasteiger partial charge in [-0.15, -0.1) is 11.3 Å². The molecule has 3 rings (SSSR count). The van der Waals surface area contributed by atoms with E-state index in [1.165, 1.54) is 16.8 Å². The fourth-order valence-electron chi connectivity index (χ4n) is 2.10. The Morgan fingerprint density at radius 1 is 1.00 bits per heavy atom. The van der Waals surface area contributed by atoms with Gasteiger partial charge in [0.25, 0.3) is 0 Å². The van der Waals surface area contributed by atoms with Gasteiger partial charge in [0.15, 0.2) is 0 Å². The molecule has 4 heteroatoms. The highest BCUT2D eigenvalue weighted by atomic mass is 79.9. The SMILES string of the molecule is Fc1cc(F)cc(C(Br)c2csc3ccccc23)c1. The summed E-state index contributed by atoms with van der Waals surface area (Å²) in [6, 6.07) is 11.6. The minimum atomic E-state index is -0.556. The van der Waals surface area contributed by atoms with Crippen molar-refractivity contribution in [1.29, 1.82) is 0 Å². The van der Waals surface area contributed by atoms with E-state index in [9.17, 15) is 8.78 Å². The summed E-state index contributed by atoms with van der Waals surface area (Å²) in [7, 11) is 0. The molecular formula is C15H9BrF2S. The van der Waals surface area contributed by atoms with Crippen molar-refractivity contribution in [2.24, 2.45) is 0 Å². The van der Waals surface area contributed by atoms with Gasteiger partial charge in [-0.25, -0.2) is 8.78 Å². The Bertz CT molecular complexity index is 716. The maximum atomic E-state index is 13.3. The Kier molecular flexibility index (Phi) is 3.37. The number of hydrogen-bond acceptors (Lipinski definition) is 1. The highest BCUT2D eigenvalue weighted by molar-refractivity contribution is 9.09. The van der Waals surface area contributed by atoms with Crippen LogP contribution in [-0.4, -0.2) is 0 Å². The predicted molar refractivity (Wildman–Crippen MR) is 79.0 cm³/mol. The fourth-order valence-corrected chi connectivity index (χ4v) is 3.90. The molecule has 0 aliphatic heterocycles. The summed E-state index contributed by atoms with van der Waals surface area (Å²) in [5, 5.41) is 3.13. The first kappa shape index (κ1) is 12.8. The molecule has 0 aliphatic carbocycles. The summed E-state index contributed by atoms with van der Waals surface area (Å²) in [6.45, 7) is 0. The van der Waals surface area contributed by atoms with Crippen LogP contribution in [0.3, 0.4) is 0 Å². The van der Waals surface area contributed by atoms with E-state index in [4.69, 9.17) is 0 Å². The Hall–Kier alpha value is -1.26. The van der Waals surface area contributed by atoms with Gasteiger partial charge in [0, 0.05) is 10.8 Å². The zero-order valence-corrected chi connectivity index (χ0v) is 12.1. The molecule has 3 aromatic rings. The van der Waals surface area contributed by atoms with Gasteiger partial charge in [-0.3, -0.25) is 0 Å². The second-order valence-corrected chi connectivity index (χ2v) is 6.08. The molecule has 0 fully saturated rings. The van der Waals surface area contributed by atoms with Gasteiger partial charge < -0.3 is 0 Å². The van der Waals surface area contributed by atoms with Gasteiger partial charge >= 0.3 is 0 Å². The minimum absolute atomic E-state index is 0.214. The van der Waals surface area contributed by atoms with Crippen LogP contribution in [0.25, 0.3) is 10.1 Å². The minimum Gasteiger partial charge on any atom is -0.207 e. The molecule has 0 amide bonds. The topological polar surface area (TPSA) is 0 Å². The summed E-state index contributed by atoms with van der Waals surface area (Å²) in [4.78, 5) is -0.214. The lowest BCUT2D eigenvalue weighted by atomic mass is 10.0. The van der Waals surface area contributed by atoms with E-state index in [0.29, 0.717) is 5.56 Å². The molecule has 1 aromatic heterocycles. The van der Waals surface area contributed by atoms with Gasteiger partial charge in [-0.1, -0.05) is 34.1 Å². The average Bonchev–Trinajstić information content (AvgIpc) is 2.80. The van der Waals surface area contributed by atoms with Crippen LogP contribution >= 0.6 is 27.3 Å². The van der Waals surface area contributed by atoms with Crippen molar-refractivity contribution in [3.05, 3.63) is 70.6 Å². The number of halogens is 3. The first-order chi connectivity index (χ1) is 9.15. The molecule has 1 heterocycles. The molecule has 0 bridgehead atoms. The lowest BCUT2D eigenvalue weighted by Crippen LogP contribution is -1.94. The van der Waals surface area contributed by atoms with Crippen molar-refractivity contribution in [3.8, 4) is 0 Å². The van der Waals surface area contributed by atoms with Crippen molar-refractivity contribution >= 4 is 37.4 Å². The van der Waals surface area contributed by atoms with Crippen LogP contribution in [0.1, 0.15) is 16.0 Å². The quantitative estimate of drug-likeness (QED) is 0.528. The fraction of sp³-hybridized carbons (Fsp3) is 0.0667. The smallest absolute Gasteiger partial charge is 0.126 e. The Morgan fingerprint density at radius 2 is 1.68 bits per heavy atom. The Labute approximate surface area is 121 Å². The van der Waals surface area contributed by atoms with Gasteiger partial charge in [-0.2, -0.15) is 0 Å². The van der Waals surface area contributed by atoms with E-state index >= 15 is 0 Å². The van der Waals surface area contributed by atoms with Crippen molar-refractivity contribution in [2.45, 2.75) is 4.83 Å². The third kappa shape index (κ3) is 2.42. The van der Waals surface area contributed by atoms with Crippen LogP contribution in [0.2, 0.25) is 0 Å². The van der Waals surface area contributed by atoms with E-state index in [1.54, 1.807) is 11.3 Å². The van der Waals surface area contributed by atoms with Crippen molar-refractivity contribution in [2.75, 3.05) is 0 Å². The van der Waals surface area contributed by atoms with Crippen LogP contribution in [0, 0.1) is 11.6 Å². The molecule has 96 valence electrons. The zero-order chi connectivity index (χ0) is 13.4. The molecular weight excluding hydrogens is 330 g/mol. The number of thiophene rings is 1. The van der Waals surface area contributed by atoms with Crippen LogP contribution in [0.15, 0.2) is 47.8 Å². The molecule has 0 spiro atoms. The highest BCUT2D eigenvalue weighted by Crippen LogP contribution is 2.38. The standard InChI is InChI=1S/C15H9BrF2S/c16-15(9-5-10(17)7-11(18)6-9)13-8-19-14-4-2-1-3-12(13)14/h1-8,15H. The van der Waals surface area contributed by atoms with Gasteiger partial charge in [0.05, 0.1) is 4.83 Å². The second-order valence-electron chi connectivity index (χ2n) is 4.25. The monoisotopic (exact) mass is 338 g/mol. The maximum absolute atomic E-state index is 13.3. The number of hydrogen-bond donors (Lipinski definition) is 0. The summed E-state index contributed by atoms with van der Waals surface area (Å²) < 4.78 is 27.7. The molecule has 0 radical (unpaired) electrons. The average molecular weight is 339 g/mol. The van der Waals surface area contributed by atoms with E-state index in [2.05, 4.69) is 15.9 Å². The number of fused-ring (bicyclic) bond motifs is 1. The van der Waals surface area contributed by atoms with Crippen molar-refractivity contribution < 1.29 is 8.78 Å². The largest absolute Gasteiger partial charge is 0.207 e. The maximum Gasteiger partial charge on any atom is 0.126 e.